The first-order valence-corrected chi connectivity index (χ1v) is 8.82. The molecule has 3 heteroatoms. The molecule has 1 heterocycles. The number of ether oxygens (including phenoxy) is 1. The molecule has 0 aromatic heterocycles. The van der Waals surface area contributed by atoms with Crippen molar-refractivity contribution in [2.24, 2.45) is 5.92 Å². The Morgan fingerprint density at radius 1 is 1.06 bits per heavy atom. The molecule has 1 nitrogen and oxygen atoms in total. The second-order valence-corrected chi connectivity index (χ2v) is 6.73. The summed E-state index contributed by atoms with van der Waals surface area (Å²) in [7, 11) is 0. The predicted molar refractivity (Wildman–Crippen MR) is 75.6 cm³/mol. The highest BCUT2D eigenvalue weighted by atomic mass is 79.9. The SMILES string of the molecule is BrCC(CBr)CC1CCC2(CCCCC2)O1. The minimum atomic E-state index is 0.298. The largest absolute Gasteiger partial charge is 0.372 e. The van der Waals surface area contributed by atoms with E-state index < -0.39 is 0 Å². The van der Waals surface area contributed by atoms with Gasteiger partial charge in [-0.15, -0.1) is 0 Å². The lowest BCUT2D eigenvalue weighted by molar-refractivity contribution is -0.0683. The van der Waals surface area contributed by atoms with Gasteiger partial charge in [0.2, 0.25) is 0 Å². The maximum absolute atomic E-state index is 6.38. The van der Waals surface area contributed by atoms with E-state index in [9.17, 15) is 0 Å². The van der Waals surface area contributed by atoms with Gasteiger partial charge in [-0.2, -0.15) is 0 Å². The highest BCUT2D eigenvalue weighted by molar-refractivity contribution is 9.09. The van der Waals surface area contributed by atoms with Crippen molar-refractivity contribution >= 4 is 31.9 Å². The summed E-state index contributed by atoms with van der Waals surface area (Å²) in [6, 6.07) is 0. The van der Waals surface area contributed by atoms with Gasteiger partial charge in [-0.25, -0.2) is 0 Å². The summed E-state index contributed by atoms with van der Waals surface area (Å²) < 4.78 is 6.38. The Balaban J connectivity index is 1.82. The molecule has 0 aromatic carbocycles. The van der Waals surface area contributed by atoms with E-state index in [4.69, 9.17) is 4.74 Å². The third-order valence-electron chi connectivity index (χ3n) is 4.14. The molecule has 0 aromatic rings. The maximum Gasteiger partial charge on any atom is 0.0687 e. The zero-order chi connectivity index (χ0) is 11.4. The van der Waals surface area contributed by atoms with Crippen LogP contribution in [0.4, 0.5) is 0 Å². The van der Waals surface area contributed by atoms with E-state index in [2.05, 4.69) is 31.9 Å². The van der Waals surface area contributed by atoms with Crippen LogP contribution in [0.3, 0.4) is 0 Å². The van der Waals surface area contributed by atoms with Crippen LogP contribution in [0.25, 0.3) is 0 Å². The fourth-order valence-corrected chi connectivity index (χ4v) is 4.77. The van der Waals surface area contributed by atoms with Crippen molar-refractivity contribution in [3.8, 4) is 0 Å². The topological polar surface area (TPSA) is 9.23 Å². The van der Waals surface area contributed by atoms with Crippen molar-refractivity contribution in [2.45, 2.75) is 63.1 Å². The molecule has 1 saturated heterocycles. The molecule has 0 bridgehead atoms. The van der Waals surface area contributed by atoms with Crippen molar-refractivity contribution in [3.05, 3.63) is 0 Å². The first-order chi connectivity index (χ1) is 7.78. The Kier molecular flexibility index (Phi) is 5.17. The van der Waals surface area contributed by atoms with E-state index in [1.807, 2.05) is 0 Å². The van der Waals surface area contributed by atoms with Crippen LogP contribution >= 0.6 is 31.9 Å². The summed E-state index contributed by atoms with van der Waals surface area (Å²) in [5.74, 6) is 0.726. The van der Waals surface area contributed by atoms with Crippen LogP contribution in [0.15, 0.2) is 0 Å². The highest BCUT2D eigenvalue weighted by Gasteiger charge is 2.40. The normalized spacial score (nSPS) is 29.1. The smallest absolute Gasteiger partial charge is 0.0687 e. The molecule has 0 amide bonds. The summed E-state index contributed by atoms with van der Waals surface area (Å²) in [5, 5.41) is 2.18. The van der Waals surface area contributed by atoms with Crippen molar-refractivity contribution in [1.29, 1.82) is 0 Å². The van der Waals surface area contributed by atoms with Crippen LogP contribution in [-0.2, 0) is 4.74 Å². The minimum Gasteiger partial charge on any atom is -0.372 e. The molecule has 1 aliphatic heterocycles. The van der Waals surface area contributed by atoms with Gasteiger partial charge in [-0.1, -0.05) is 51.1 Å². The Morgan fingerprint density at radius 2 is 1.75 bits per heavy atom. The number of hydrogen-bond donors (Lipinski definition) is 0. The average molecular weight is 354 g/mol. The monoisotopic (exact) mass is 352 g/mol. The van der Waals surface area contributed by atoms with Gasteiger partial charge in [-0.3, -0.25) is 0 Å². The van der Waals surface area contributed by atoms with E-state index in [0.717, 1.165) is 16.6 Å². The summed E-state index contributed by atoms with van der Waals surface area (Å²) in [6.45, 7) is 0. The van der Waals surface area contributed by atoms with Crippen LogP contribution in [0, 0.1) is 5.92 Å². The van der Waals surface area contributed by atoms with Gasteiger partial charge in [0.05, 0.1) is 11.7 Å². The van der Waals surface area contributed by atoms with Gasteiger partial charge in [0.1, 0.15) is 0 Å². The van der Waals surface area contributed by atoms with E-state index in [1.54, 1.807) is 0 Å². The van der Waals surface area contributed by atoms with Crippen LogP contribution < -0.4 is 0 Å². The van der Waals surface area contributed by atoms with Crippen molar-refractivity contribution in [1.82, 2.24) is 0 Å². The summed E-state index contributed by atoms with van der Waals surface area (Å²) in [6.07, 6.45) is 11.2. The third-order valence-corrected chi connectivity index (χ3v) is 5.97. The average Bonchev–Trinajstić information content (AvgIpc) is 2.70. The predicted octanol–water partition coefficient (Wildman–Crippen LogP) is 4.66. The molecule has 2 rings (SSSR count). The molecular formula is C13H22Br2O. The molecule has 1 spiro atoms. The van der Waals surface area contributed by atoms with Gasteiger partial charge in [0.15, 0.2) is 0 Å². The fourth-order valence-electron chi connectivity index (χ4n) is 3.16. The zero-order valence-electron chi connectivity index (χ0n) is 9.89. The summed E-state index contributed by atoms with van der Waals surface area (Å²) >= 11 is 7.17. The second kappa shape index (κ2) is 6.19. The Hall–Kier alpha value is 0.920. The van der Waals surface area contributed by atoms with Crippen LogP contribution in [-0.4, -0.2) is 22.4 Å². The van der Waals surface area contributed by atoms with E-state index >= 15 is 0 Å². The molecule has 1 atom stereocenters. The molecular weight excluding hydrogens is 332 g/mol. The zero-order valence-corrected chi connectivity index (χ0v) is 13.1. The van der Waals surface area contributed by atoms with Crippen LogP contribution in [0.1, 0.15) is 51.4 Å². The highest BCUT2D eigenvalue weighted by Crippen LogP contribution is 2.43. The lowest BCUT2D eigenvalue weighted by atomic mass is 9.83. The van der Waals surface area contributed by atoms with Crippen molar-refractivity contribution < 1.29 is 4.74 Å². The van der Waals surface area contributed by atoms with E-state index in [0.29, 0.717) is 11.7 Å². The Bertz CT molecular complexity index is 210. The quantitative estimate of drug-likeness (QED) is 0.667. The number of alkyl halides is 2. The standard InChI is InChI=1S/C13H22Br2O/c14-9-11(10-15)8-12-4-7-13(16-12)5-2-1-3-6-13/h11-12H,1-10H2. The Morgan fingerprint density at radius 3 is 2.38 bits per heavy atom. The third kappa shape index (κ3) is 3.23. The van der Waals surface area contributed by atoms with Crippen LogP contribution in [0.2, 0.25) is 0 Å². The second-order valence-electron chi connectivity index (χ2n) is 5.43. The van der Waals surface area contributed by atoms with E-state index in [-0.39, 0.29) is 0 Å². The van der Waals surface area contributed by atoms with E-state index in [1.165, 1.54) is 51.4 Å². The first kappa shape index (κ1) is 13.4. The van der Waals surface area contributed by atoms with Crippen molar-refractivity contribution in [2.75, 3.05) is 10.7 Å². The Labute approximate surface area is 116 Å². The number of halogens is 2. The molecule has 0 N–H and O–H groups in total. The fraction of sp³-hybridized carbons (Fsp3) is 1.00. The maximum atomic E-state index is 6.38. The lowest BCUT2D eigenvalue weighted by Gasteiger charge is -2.33. The number of rotatable bonds is 4. The van der Waals surface area contributed by atoms with Gasteiger partial charge in [0, 0.05) is 10.7 Å². The lowest BCUT2D eigenvalue weighted by Crippen LogP contribution is -2.32. The molecule has 1 unspecified atom stereocenters. The summed E-state index contributed by atoms with van der Waals surface area (Å²) in [5.41, 5.74) is 0.298. The molecule has 1 aliphatic carbocycles. The first-order valence-electron chi connectivity index (χ1n) is 6.58. The molecule has 94 valence electrons. The molecule has 2 aliphatic rings. The molecule has 16 heavy (non-hydrogen) atoms. The van der Waals surface area contributed by atoms with Gasteiger partial charge < -0.3 is 4.74 Å². The van der Waals surface area contributed by atoms with Gasteiger partial charge in [-0.05, 0) is 38.0 Å². The number of hydrogen-bond acceptors (Lipinski definition) is 1. The van der Waals surface area contributed by atoms with Crippen LogP contribution in [0.5, 0.6) is 0 Å². The minimum absolute atomic E-state index is 0.298. The van der Waals surface area contributed by atoms with Gasteiger partial charge in [0.25, 0.3) is 0 Å². The molecule has 1 saturated carbocycles. The molecule has 0 radical (unpaired) electrons. The van der Waals surface area contributed by atoms with Crippen molar-refractivity contribution in [3.63, 3.8) is 0 Å². The summed E-state index contributed by atoms with van der Waals surface area (Å²) in [4.78, 5) is 0. The molecule has 2 fully saturated rings. The van der Waals surface area contributed by atoms with Gasteiger partial charge >= 0.3 is 0 Å².